The van der Waals surface area contributed by atoms with E-state index in [0.29, 0.717) is 6.42 Å². The number of aliphatic hydroxyl groups excluding tert-OH is 2. The molecule has 7 heteroatoms. The van der Waals surface area contributed by atoms with Crippen molar-refractivity contribution in [3.63, 3.8) is 0 Å². The largest absolute Gasteiger partial charge is 0.457 e. The third-order valence-corrected chi connectivity index (χ3v) is 8.02. The van der Waals surface area contributed by atoms with Gasteiger partial charge in [0.25, 0.3) is 0 Å². The molecule has 0 amide bonds. The summed E-state index contributed by atoms with van der Waals surface area (Å²) in [6, 6.07) is -0.266. The molecule has 1 saturated heterocycles. The summed E-state index contributed by atoms with van der Waals surface area (Å²) < 4.78 is 18.0. The Morgan fingerprint density at radius 2 is 2.03 bits per heavy atom. The molecule has 168 valence electrons. The first-order valence-corrected chi connectivity index (χ1v) is 11.0. The zero-order chi connectivity index (χ0) is 22.0. The van der Waals surface area contributed by atoms with Crippen LogP contribution in [0.4, 0.5) is 0 Å². The lowest BCUT2D eigenvalue weighted by atomic mass is 9.57. The molecule has 1 spiro atoms. The second kappa shape index (κ2) is 7.71. The van der Waals surface area contributed by atoms with Gasteiger partial charge >= 0.3 is 5.97 Å². The summed E-state index contributed by atoms with van der Waals surface area (Å²) >= 11 is 0. The Morgan fingerprint density at radius 3 is 2.67 bits per heavy atom. The Balaban J connectivity index is 1.86. The van der Waals surface area contributed by atoms with E-state index in [9.17, 15) is 15.0 Å². The van der Waals surface area contributed by atoms with Gasteiger partial charge in [-0.2, -0.15) is 0 Å². The minimum Gasteiger partial charge on any atom is -0.457 e. The molecule has 0 aromatic rings. The van der Waals surface area contributed by atoms with E-state index < -0.39 is 36.0 Å². The molecule has 0 radical (unpaired) electrons. The van der Waals surface area contributed by atoms with Gasteiger partial charge in [0.1, 0.15) is 11.7 Å². The van der Waals surface area contributed by atoms with Crippen molar-refractivity contribution in [3.05, 3.63) is 23.8 Å². The summed E-state index contributed by atoms with van der Waals surface area (Å²) in [7, 11) is 1.49. The summed E-state index contributed by atoms with van der Waals surface area (Å²) in [5.41, 5.74) is 6.71. The van der Waals surface area contributed by atoms with Crippen LogP contribution in [-0.4, -0.2) is 65.5 Å². The Hall–Kier alpha value is -1.25. The van der Waals surface area contributed by atoms with Crippen molar-refractivity contribution >= 4 is 5.97 Å². The molecule has 0 aromatic heterocycles. The lowest BCUT2D eigenvalue weighted by Crippen LogP contribution is -2.58. The highest BCUT2D eigenvalue weighted by Gasteiger charge is 2.67. The smallest absolute Gasteiger partial charge is 0.335 e. The SMILES string of the molecule is CO[C@H]1C[C@H]2C=C[C@H]3[C@H]4O[C@]2(/C(C)=C/[C@@H](C)[C@@H](C(C)O)OC1=O)[C@@H]3[C@H](O)[C@@H](C)[C@@H]4N. The van der Waals surface area contributed by atoms with Crippen molar-refractivity contribution in [2.75, 3.05) is 7.11 Å². The minimum absolute atomic E-state index is 0.0320. The van der Waals surface area contributed by atoms with E-state index in [-0.39, 0.29) is 41.7 Å². The highest BCUT2D eigenvalue weighted by atomic mass is 16.6. The molecule has 4 N–H and O–H groups in total. The van der Waals surface area contributed by atoms with Gasteiger partial charge in [-0.25, -0.2) is 4.79 Å². The number of carbonyl (C=O) groups excluding carboxylic acids is 1. The highest BCUT2D eigenvalue weighted by molar-refractivity contribution is 5.75. The quantitative estimate of drug-likeness (QED) is 0.453. The first kappa shape index (κ1) is 22.0. The van der Waals surface area contributed by atoms with Crippen LogP contribution in [0.5, 0.6) is 0 Å². The fourth-order valence-corrected chi connectivity index (χ4v) is 6.41. The van der Waals surface area contributed by atoms with Crippen LogP contribution in [0.3, 0.4) is 0 Å². The van der Waals surface area contributed by atoms with Gasteiger partial charge < -0.3 is 30.2 Å². The molecule has 7 nitrogen and oxygen atoms in total. The number of aliphatic hydroxyl groups is 2. The standard InChI is InChI=1S/C23H35NO6/c1-10-8-11(2)23-14(9-16(28-5)22(27)29-20(10)13(4)25)6-7-15-17(23)19(26)12(3)18(24)21(15)30-23/h6-8,10,12-21,25-26H,9,24H2,1-5H3/b11-8+/t10-,12+,13?,14-,15-,16+,17+,18+,19-,20+,21-,23+/m1/s1. The molecule has 30 heavy (non-hydrogen) atoms. The number of hydrogen-bond donors (Lipinski definition) is 3. The van der Waals surface area contributed by atoms with Crippen molar-refractivity contribution in [1.29, 1.82) is 0 Å². The van der Waals surface area contributed by atoms with Crippen LogP contribution in [0.1, 0.15) is 34.1 Å². The fraction of sp³-hybridized carbons (Fsp3) is 0.783. The zero-order valence-corrected chi connectivity index (χ0v) is 18.4. The van der Waals surface area contributed by atoms with Gasteiger partial charge in [0.15, 0.2) is 6.10 Å². The number of hydrogen-bond acceptors (Lipinski definition) is 7. The lowest BCUT2D eigenvalue weighted by molar-refractivity contribution is -0.172. The number of nitrogens with two attached hydrogens (primary N) is 1. The van der Waals surface area contributed by atoms with Crippen LogP contribution in [0.25, 0.3) is 0 Å². The molecular formula is C23H35NO6. The van der Waals surface area contributed by atoms with Gasteiger partial charge in [0.05, 0.1) is 18.3 Å². The predicted molar refractivity (Wildman–Crippen MR) is 110 cm³/mol. The normalized spacial score (nSPS) is 53.3. The van der Waals surface area contributed by atoms with Crippen LogP contribution in [-0.2, 0) is 19.0 Å². The molecule has 4 aliphatic rings. The van der Waals surface area contributed by atoms with Crippen molar-refractivity contribution in [2.24, 2.45) is 35.3 Å². The van der Waals surface area contributed by atoms with Gasteiger partial charge in [-0.15, -0.1) is 0 Å². The van der Waals surface area contributed by atoms with E-state index in [1.165, 1.54) is 7.11 Å². The molecule has 1 unspecified atom stereocenters. The van der Waals surface area contributed by atoms with Crippen LogP contribution >= 0.6 is 0 Å². The van der Waals surface area contributed by atoms with E-state index in [0.717, 1.165) is 5.57 Å². The Morgan fingerprint density at radius 1 is 1.33 bits per heavy atom. The molecule has 12 atom stereocenters. The summed E-state index contributed by atoms with van der Waals surface area (Å²) in [6.07, 6.45) is 3.49. The molecule has 2 heterocycles. The third-order valence-electron chi connectivity index (χ3n) is 8.02. The maximum atomic E-state index is 12.9. The fourth-order valence-electron chi connectivity index (χ4n) is 6.41. The van der Waals surface area contributed by atoms with Crippen molar-refractivity contribution in [1.82, 2.24) is 0 Å². The van der Waals surface area contributed by atoms with E-state index >= 15 is 0 Å². The van der Waals surface area contributed by atoms with Crippen molar-refractivity contribution in [2.45, 2.75) is 76.3 Å². The summed E-state index contributed by atoms with van der Waals surface area (Å²) in [5, 5.41) is 21.5. The average Bonchev–Trinajstić information content (AvgIpc) is 2.91. The van der Waals surface area contributed by atoms with Crippen LogP contribution in [0, 0.1) is 29.6 Å². The molecule has 4 rings (SSSR count). The van der Waals surface area contributed by atoms with Crippen LogP contribution in [0.15, 0.2) is 23.8 Å². The summed E-state index contributed by atoms with van der Waals surface area (Å²) in [5.74, 6) is -1.09. The maximum absolute atomic E-state index is 12.9. The maximum Gasteiger partial charge on any atom is 0.335 e. The number of carbonyl (C=O) groups is 1. The van der Waals surface area contributed by atoms with Crippen molar-refractivity contribution in [3.8, 4) is 0 Å². The first-order chi connectivity index (χ1) is 14.1. The number of methoxy groups -OCH3 is 1. The summed E-state index contributed by atoms with van der Waals surface area (Å²) in [4.78, 5) is 12.9. The van der Waals surface area contributed by atoms with Crippen molar-refractivity contribution < 1.29 is 29.2 Å². The van der Waals surface area contributed by atoms with Crippen LogP contribution < -0.4 is 5.73 Å². The molecule has 1 saturated carbocycles. The topological polar surface area (TPSA) is 111 Å². The molecule has 2 fully saturated rings. The van der Waals surface area contributed by atoms with Gasteiger partial charge in [-0.1, -0.05) is 32.1 Å². The number of cyclic esters (lactones) is 1. The monoisotopic (exact) mass is 421 g/mol. The van der Waals surface area contributed by atoms with Crippen LogP contribution in [0.2, 0.25) is 0 Å². The highest BCUT2D eigenvalue weighted by Crippen LogP contribution is 2.60. The third kappa shape index (κ3) is 3.01. The molecular weight excluding hydrogens is 386 g/mol. The summed E-state index contributed by atoms with van der Waals surface area (Å²) in [6.45, 7) is 7.54. The van der Waals surface area contributed by atoms with Gasteiger partial charge in [-0.3, -0.25) is 0 Å². The lowest BCUT2D eigenvalue weighted by Gasteiger charge is -2.48. The minimum atomic E-state index is -0.833. The second-order valence-electron chi connectivity index (χ2n) is 9.71. The zero-order valence-electron chi connectivity index (χ0n) is 18.4. The van der Waals surface area contributed by atoms with E-state index in [2.05, 4.69) is 12.2 Å². The number of ether oxygens (including phenoxy) is 3. The van der Waals surface area contributed by atoms with E-state index in [1.807, 2.05) is 26.8 Å². The van der Waals surface area contributed by atoms with Gasteiger partial charge in [0.2, 0.25) is 0 Å². The van der Waals surface area contributed by atoms with Gasteiger partial charge in [0, 0.05) is 42.7 Å². The molecule has 2 aliphatic carbocycles. The first-order valence-electron chi connectivity index (χ1n) is 11.0. The molecule has 2 aliphatic heterocycles. The molecule has 0 aromatic carbocycles. The Labute approximate surface area is 178 Å². The second-order valence-corrected chi connectivity index (χ2v) is 9.71. The predicted octanol–water partition coefficient (Wildman–Crippen LogP) is 1.17. The number of esters is 1. The van der Waals surface area contributed by atoms with E-state index in [1.54, 1.807) is 6.92 Å². The molecule has 4 bridgehead atoms. The number of rotatable bonds is 2. The average molecular weight is 422 g/mol. The van der Waals surface area contributed by atoms with Gasteiger partial charge in [-0.05, 0) is 25.8 Å². The van der Waals surface area contributed by atoms with E-state index in [4.69, 9.17) is 19.9 Å². The Bertz CT molecular complexity index is 750. The Kier molecular flexibility index (Phi) is 5.64.